The number of ether oxygens (including phenoxy) is 1. The largest absolute Gasteiger partial charge is 0.479 e. The van der Waals surface area contributed by atoms with Crippen LogP contribution in [0.2, 0.25) is 0 Å². The fourth-order valence-electron chi connectivity index (χ4n) is 1.65. The van der Waals surface area contributed by atoms with Crippen molar-refractivity contribution in [1.82, 2.24) is 0 Å². The van der Waals surface area contributed by atoms with Crippen LogP contribution in [-0.4, -0.2) is 28.8 Å². The molecule has 0 aromatic heterocycles. The van der Waals surface area contributed by atoms with E-state index < -0.39 is 12.1 Å². The van der Waals surface area contributed by atoms with Gasteiger partial charge in [0.05, 0.1) is 6.61 Å². The Balaban J connectivity index is 2.88. The van der Waals surface area contributed by atoms with Gasteiger partial charge in [-0.25, -0.2) is 4.79 Å². The zero-order valence-corrected chi connectivity index (χ0v) is 12.0. The number of aliphatic carboxylic acids is 1. The molecule has 1 aromatic rings. The van der Waals surface area contributed by atoms with E-state index in [9.17, 15) is 14.7 Å². The molecule has 0 saturated heterocycles. The third-order valence-corrected chi connectivity index (χ3v) is 3.03. The lowest BCUT2D eigenvalue weighted by Crippen LogP contribution is -2.14. The number of rotatable bonds is 6. The van der Waals surface area contributed by atoms with Gasteiger partial charge in [-0.15, -0.1) is 0 Å². The Morgan fingerprint density at radius 2 is 2.11 bits per heavy atom. The highest BCUT2D eigenvalue weighted by Gasteiger charge is 2.20. The van der Waals surface area contributed by atoms with Crippen molar-refractivity contribution < 1.29 is 24.5 Å². The zero-order chi connectivity index (χ0) is 14.4. The fraction of sp³-hybridized carbons (Fsp3) is 0.385. The number of hydrogen-bond donors (Lipinski definition) is 2. The van der Waals surface area contributed by atoms with E-state index in [0.717, 1.165) is 0 Å². The first-order chi connectivity index (χ1) is 8.95. The third kappa shape index (κ3) is 4.65. The third-order valence-electron chi connectivity index (χ3n) is 2.54. The van der Waals surface area contributed by atoms with E-state index in [1.54, 1.807) is 25.1 Å². The van der Waals surface area contributed by atoms with E-state index in [4.69, 9.17) is 9.84 Å². The normalized spacial score (nSPS) is 11.9. The van der Waals surface area contributed by atoms with E-state index in [-0.39, 0.29) is 18.0 Å². The number of aliphatic hydroxyl groups excluding tert-OH is 1. The summed E-state index contributed by atoms with van der Waals surface area (Å²) < 4.78 is 5.48. The fourth-order valence-corrected chi connectivity index (χ4v) is 2.03. The summed E-state index contributed by atoms with van der Waals surface area (Å²) in [6.45, 7) is 2.03. The minimum atomic E-state index is -1.60. The Kier molecular flexibility index (Phi) is 5.98. The molecule has 6 heteroatoms. The molecule has 1 rings (SSSR count). The van der Waals surface area contributed by atoms with Crippen molar-refractivity contribution in [2.45, 2.75) is 25.9 Å². The van der Waals surface area contributed by atoms with Gasteiger partial charge in [-0.3, -0.25) is 4.79 Å². The summed E-state index contributed by atoms with van der Waals surface area (Å²) in [5.74, 6) is -1.67. The lowest BCUT2D eigenvalue weighted by molar-refractivity contribution is -0.147. The summed E-state index contributed by atoms with van der Waals surface area (Å²) in [4.78, 5) is 22.1. The maximum Gasteiger partial charge on any atom is 0.337 e. The van der Waals surface area contributed by atoms with Gasteiger partial charge in [-0.2, -0.15) is 0 Å². The molecule has 0 aliphatic carbocycles. The minimum absolute atomic E-state index is 0.148. The number of carboxylic acid groups (broad SMARTS) is 1. The first kappa shape index (κ1) is 15.7. The molecule has 19 heavy (non-hydrogen) atoms. The van der Waals surface area contributed by atoms with Crippen LogP contribution in [0.5, 0.6) is 0 Å². The molecular weight excluding hydrogens is 316 g/mol. The van der Waals surface area contributed by atoms with Gasteiger partial charge in [0.15, 0.2) is 6.10 Å². The lowest BCUT2D eigenvalue weighted by Gasteiger charge is -2.12. The molecule has 1 unspecified atom stereocenters. The van der Waals surface area contributed by atoms with Crippen LogP contribution in [0, 0.1) is 0 Å². The monoisotopic (exact) mass is 330 g/mol. The standard InChI is InChI=1S/C13H15BrO5/c1-2-19-11(15)6-4-8-3-5-9(14)7-10(8)12(16)13(17)18/h3,5,7,12,16H,2,4,6H2,1H3,(H,17,18). The van der Waals surface area contributed by atoms with Crippen LogP contribution in [0.15, 0.2) is 22.7 Å². The summed E-state index contributed by atoms with van der Waals surface area (Å²) >= 11 is 3.22. The minimum Gasteiger partial charge on any atom is -0.479 e. The maximum absolute atomic E-state index is 11.3. The number of benzene rings is 1. The average molecular weight is 331 g/mol. The number of carbonyl (C=O) groups is 2. The number of carboxylic acids is 1. The molecule has 0 amide bonds. The summed E-state index contributed by atoms with van der Waals surface area (Å²) in [5.41, 5.74) is 0.900. The second-order valence-corrected chi connectivity index (χ2v) is 4.80. The first-order valence-corrected chi connectivity index (χ1v) is 6.59. The van der Waals surface area contributed by atoms with E-state index >= 15 is 0 Å². The van der Waals surface area contributed by atoms with Crippen molar-refractivity contribution in [2.75, 3.05) is 6.61 Å². The van der Waals surface area contributed by atoms with Crippen LogP contribution < -0.4 is 0 Å². The average Bonchev–Trinajstić information content (AvgIpc) is 2.36. The SMILES string of the molecule is CCOC(=O)CCc1ccc(Br)cc1C(O)C(=O)O. The van der Waals surface area contributed by atoms with Gasteiger partial charge < -0.3 is 14.9 Å². The van der Waals surface area contributed by atoms with Gasteiger partial charge in [0.25, 0.3) is 0 Å². The Labute approximate surface area is 119 Å². The highest BCUT2D eigenvalue weighted by atomic mass is 79.9. The van der Waals surface area contributed by atoms with Crippen LogP contribution in [0.3, 0.4) is 0 Å². The van der Waals surface area contributed by atoms with Crippen LogP contribution in [0.1, 0.15) is 30.6 Å². The van der Waals surface area contributed by atoms with Crippen molar-refractivity contribution in [3.8, 4) is 0 Å². The van der Waals surface area contributed by atoms with Crippen LogP contribution in [0.4, 0.5) is 0 Å². The molecule has 0 saturated carbocycles. The summed E-state index contributed by atoms with van der Waals surface area (Å²) in [7, 11) is 0. The van der Waals surface area contributed by atoms with E-state index in [1.807, 2.05) is 0 Å². The number of aryl methyl sites for hydroxylation is 1. The number of aliphatic hydroxyl groups is 1. The highest BCUT2D eigenvalue weighted by Crippen LogP contribution is 2.24. The Morgan fingerprint density at radius 1 is 1.42 bits per heavy atom. The predicted octanol–water partition coefficient (Wildman–Crippen LogP) is 2.06. The van der Waals surface area contributed by atoms with Crippen molar-refractivity contribution >= 4 is 27.9 Å². The molecule has 0 aliphatic heterocycles. The van der Waals surface area contributed by atoms with Crippen LogP contribution in [0.25, 0.3) is 0 Å². The number of hydrogen-bond acceptors (Lipinski definition) is 4. The number of esters is 1. The molecule has 5 nitrogen and oxygen atoms in total. The molecule has 0 heterocycles. The molecule has 1 aromatic carbocycles. The smallest absolute Gasteiger partial charge is 0.337 e. The molecule has 2 N–H and O–H groups in total. The van der Waals surface area contributed by atoms with Gasteiger partial charge in [0.1, 0.15) is 0 Å². The topological polar surface area (TPSA) is 83.8 Å². The Bertz CT molecular complexity index is 472. The van der Waals surface area contributed by atoms with Crippen molar-refractivity contribution in [1.29, 1.82) is 0 Å². The quantitative estimate of drug-likeness (QED) is 0.780. The summed E-state index contributed by atoms with van der Waals surface area (Å²) in [5, 5.41) is 18.5. The Morgan fingerprint density at radius 3 is 2.68 bits per heavy atom. The first-order valence-electron chi connectivity index (χ1n) is 5.80. The van der Waals surface area contributed by atoms with Gasteiger partial charge in [-0.05, 0) is 36.6 Å². The highest BCUT2D eigenvalue weighted by molar-refractivity contribution is 9.10. The van der Waals surface area contributed by atoms with Crippen molar-refractivity contribution in [3.05, 3.63) is 33.8 Å². The van der Waals surface area contributed by atoms with E-state index in [2.05, 4.69) is 15.9 Å². The maximum atomic E-state index is 11.3. The molecule has 0 spiro atoms. The summed E-state index contributed by atoms with van der Waals surface area (Å²) in [6.07, 6.45) is -1.13. The molecule has 0 bridgehead atoms. The molecule has 0 radical (unpaired) electrons. The van der Waals surface area contributed by atoms with E-state index in [1.165, 1.54) is 0 Å². The molecule has 0 fully saturated rings. The molecular formula is C13H15BrO5. The molecule has 1 atom stereocenters. The Hall–Kier alpha value is -1.40. The van der Waals surface area contributed by atoms with Crippen molar-refractivity contribution in [3.63, 3.8) is 0 Å². The van der Waals surface area contributed by atoms with Gasteiger partial charge in [0, 0.05) is 10.9 Å². The number of halogens is 1. The van der Waals surface area contributed by atoms with Gasteiger partial charge in [0.2, 0.25) is 0 Å². The summed E-state index contributed by atoms with van der Waals surface area (Å²) in [6, 6.07) is 4.96. The van der Waals surface area contributed by atoms with Crippen molar-refractivity contribution in [2.24, 2.45) is 0 Å². The van der Waals surface area contributed by atoms with Crippen LogP contribution in [-0.2, 0) is 20.7 Å². The lowest BCUT2D eigenvalue weighted by atomic mass is 9.99. The second kappa shape index (κ2) is 7.25. The predicted molar refractivity (Wildman–Crippen MR) is 71.7 cm³/mol. The van der Waals surface area contributed by atoms with Gasteiger partial charge >= 0.3 is 11.9 Å². The van der Waals surface area contributed by atoms with Gasteiger partial charge in [-0.1, -0.05) is 22.0 Å². The molecule has 0 aliphatic rings. The number of carbonyl (C=O) groups excluding carboxylic acids is 1. The zero-order valence-electron chi connectivity index (χ0n) is 10.4. The second-order valence-electron chi connectivity index (χ2n) is 3.89. The van der Waals surface area contributed by atoms with E-state index in [0.29, 0.717) is 23.1 Å². The molecule has 104 valence electrons. The van der Waals surface area contributed by atoms with Crippen LogP contribution >= 0.6 is 15.9 Å².